The molecule has 0 fully saturated rings. The normalized spacial score (nSPS) is 12.7. The van der Waals surface area contributed by atoms with E-state index >= 15 is 0 Å². The average Bonchev–Trinajstić information content (AvgIpc) is 3.07. The molecule has 2 heterocycles. The molecule has 0 aliphatic heterocycles. The zero-order chi connectivity index (χ0) is 15.0. The number of carbonyl (C=O) groups is 1. The third-order valence-electron chi connectivity index (χ3n) is 3.52. The van der Waals surface area contributed by atoms with Crippen molar-refractivity contribution in [2.24, 2.45) is 0 Å². The molecule has 0 saturated carbocycles. The molecule has 0 radical (unpaired) electrons. The van der Waals surface area contributed by atoms with Crippen LogP contribution >= 0.6 is 11.3 Å². The molecule has 0 aliphatic carbocycles. The SMILES string of the molecule is Cc1nc2cc(C(=O)O)ccc2n1CC(C)c1nccs1. The van der Waals surface area contributed by atoms with Crippen LogP contribution in [0, 0.1) is 6.92 Å². The second-order valence-electron chi connectivity index (χ2n) is 5.05. The highest BCUT2D eigenvalue weighted by Crippen LogP contribution is 2.24. The van der Waals surface area contributed by atoms with E-state index in [0.29, 0.717) is 5.92 Å². The predicted molar refractivity (Wildman–Crippen MR) is 82.0 cm³/mol. The number of imidazole rings is 1. The van der Waals surface area contributed by atoms with Gasteiger partial charge in [0, 0.05) is 24.0 Å². The van der Waals surface area contributed by atoms with Gasteiger partial charge < -0.3 is 9.67 Å². The summed E-state index contributed by atoms with van der Waals surface area (Å²) in [7, 11) is 0. The van der Waals surface area contributed by atoms with Gasteiger partial charge in [0.2, 0.25) is 0 Å². The molecule has 0 amide bonds. The van der Waals surface area contributed by atoms with Gasteiger partial charge in [0.05, 0.1) is 21.6 Å². The first-order chi connectivity index (χ1) is 10.1. The van der Waals surface area contributed by atoms with Gasteiger partial charge in [-0.05, 0) is 25.1 Å². The number of benzene rings is 1. The minimum absolute atomic E-state index is 0.264. The minimum Gasteiger partial charge on any atom is -0.478 e. The lowest BCUT2D eigenvalue weighted by Crippen LogP contribution is -2.07. The number of aryl methyl sites for hydroxylation is 1. The van der Waals surface area contributed by atoms with Crippen LogP contribution in [-0.2, 0) is 6.54 Å². The smallest absolute Gasteiger partial charge is 0.335 e. The minimum atomic E-state index is -0.930. The van der Waals surface area contributed by atoms with Crippen molar-refractivity contribution in [2.45, 2.75) is 26.3 Å². The summed E-state index contributed by atoms with van der Waals surface area (Å²) in [4.78, 5) is 19.9. The summed E-state index contributed by atoms with van der Waals surface area (Å²) in [6.45, 7) is 4.85. The molecule has 0 bridgehead atoms. The van der Waals surface area contributed by atoms with Gasteiger partial charge in [0.15, 0.2) is 0 Å². The first-order valence-corrected chi connectivity index (χ1v) is 7.54. The van der Waals surface area contributed by atoms with Crippen LogP contribution in [0.4, 0.5) is 0 Å². The van der Waals surface area contributed by atoms with Crippen LogP contribution in [0.5, 0.6) is 0 Å². The van der Waals surface area contributed by atoms with Gasteiger partial charge in [-0.25, -0.2) is 14.8 Å². The Hall–Kier alpha value is -2.21. The molecule has 1 N–H and O–H groups in total. The fraction of sp³-hybridized carbons (Fsp3) is 0.267. The molecule has 1 unspecified atom stereocenters. The molecule has 0 aliphatic rings. The van der Waals surface area contributed by atoms with Crippen LogP contribution in [0.1, 0.15) is 34.0 Å². The number of rotatable bonds is 4. The highest BCUT2D eigenvalue weighted by Gasteiger charge is 2.15. The third kappa shape index (κ3) is 2.54. The second-order valence-corrected chi connectivity index (χ2v) is 5.98. The predicted octanol–water partition coefficient (Wildman–Crippen LogP) is 3.30. The van der Waals surface area contributed by atoms with E-state index in [4.69, 9.17) is 5.11 Å². The van der Waals surface area contributed by atoms with Crippen molar-refractivity contribution in [2.75, 3.05) is 0 Å². The molecule has 0 spiro atoms. The maximum Gasteiger partial charge on any atom is 0.335 e. The number of aromatic carboxylic acids is 1. The van der Waals surface area contributed by atoms with Crippen LogP contribution < -0.4 is 0 Å². The van der Waals surface area contributed by atoms with Crippen molar-refractivity contribution < 1.29 is 9.90 Å². The van der Waals surface area contributed by atoms with E-state index in [0.717, 1.165) is 28.4 Å². The number of carboxylic acids is 1. The standard InChI is InChI=1S/C15H15N3O2S/c1-9(14-16-5-6-21-14)8-18-10(2)17-12-7-11(15(19)20)3-4-13(12)18/h3-7,9H,8H2,1-2H3,(H,19,20). The largest absolute Gasteiger partial charge is 0.478 e. The zero-order valence-electron chi connectivity index (χ0n) is 11.8. The monoisotopic (exact) mass is 301 g/mol. The second kappa shape index (κ2) is 5.29. The first kappa shape index (κ1) is 13.8. The Morgan fingerprint density at radius 3 is 2.95 bits per heavy atom. The number of hydrogen-bond acceptors (Lipinski definition) is 4. The molecule has 2 aromatic heterocycles. The fourth-order valence-corrected chi connectivity index (χ4v) is 3.13. The Balaban J connectivity index is 1.98. The van der Waals surface area contributed by atoms with Crippen LogP contribution in [0.15, 0.2) is 29.8 Å². The maximum atomic E-state index is 11.0. The van der Waals surface area contributed by atoms with Gasteiger partial charge in [-0.15, -0.1) is 11.3 Å². The average molecular weight is 301 g/mol. The molecule has 0 saturated heterocycles. The molecule has 1 aromatic carbocycles. The van der Waals surface area contributed by atoms with Crippen LogP contribution in [0.3, 0.4) is 0 Å². The van der Waals surface area contributed by atoms with Gasteiger partial charge in [0.25, 0.3) is 0 Å². The van der Waals surface area contributed by atoms with Crippen molar-refractivity contribution >= 4 is 28.3 Å². The van der Waals surface area contributed by atoms with Crippen molar-refractivity contribution in [3.63, 3.8) is 0 Å². The van der Waals surface area contributed by atoms with E-state index in [-0.39, 0.29) is 5.56 Å². The summed E-state index contributed by atoms with van der Waals surface area (Å²) in [5.41, 5.74) is 1.94. The van der Waals surface area contributed by atoms with Crippen LogP contribution in [0.25, 0.3) is 11.0 Å². The van der Waals surface area contributed by atoms with Crippen LogP contribution in [-0.4, -0.2) is 25.6 Å². The molecular weight excluding hydrogens is 286 g/mol. The first-order valence-electron chi connectivity index (χ1n) is 6.66. The Bertz CT molecular complexity index is 793. The van der Waals surface area contributed by atoms with E-state index in [1.807, 2.05) is 24.6 Å². The topological polar surface area (TPSA) is 68.0 Å². The summed E-state index contributed by atoms with van der Waals surface area (Å²) in [6.07, 6.45) is 1.81. The summed E-state index contributed by atoms with van der Waals surface area (Å²) in [6, 6.07) is 5.07. The highest BCUT2D eigenvalue weighted by atomic mass is 32.1. The molecule has 3 rings (SSSR count). The maximum absolute atomic E-state index is 11.0. The molecule has 5 nitrogen and oxygen atoms in total. The van der Waals surface area contributed by atoms with E-state index in [2.05, 4.69) is 21.5 Å². The summed E-state index contributed by atoms with van der Waals surface area (Å²) in [5, 5.41) is 12.1. The quantitative estimate of drug-likeness (QED) is 0.802. The van der Waals surface area contributed by atoms with Crippen molar-refractivity contribution in [3.05, 3.63) is 46.2 Å². The number of nitrogens with zero attached hydrogens (tertiary/aromatic N) is 3. The van der Waals surface area contributed by atoms with Crippen molar-refractivity contribution in [1.82, 2.24) is 14.5 Å². The Kier molecular flexibility index (Phi) is 3.47. The Morgan fingerprint density at radius 2 is 2.29 bits per heavy atom. The number of fused-ring (bicyclic) bond motifs is 1. The lowest BCUT2D eigenvalue weighted by Gasteiger charge is -2.12. The molecule has 1 atom stereocenters. The third-order valence-corrected chi connectivity index (χ3v) is 4.52. The number of carboxylic acid groups (broad SMARTS) is 1. The van der Waals surface area contributed by atoms with Crippen molar-refractivity contribution in [3.8, 4) is 0 Å². The van der Waals surface area contributed by atoms with Gasteiger partial charge in [-0.3, -0.25) is 0 Å². The zero-order valence-corrected chi connectivity index (χ0v) is 12.6. The number of hydrogen-bond donors (Lipinski definition) is 1. The van der Waals surface area contributed by atoms with E-state index in [1.54, 1.807) is 23.5 Å². The molecule has 3 aromatic rings. The highest BCUT2D eigenvalue weighted by molar-refractivity contribution is 7.09. The Labute approximate surface area is 125 Å². The van der Waals surface area contributed by atoms with E-state index in [9.17, 15) is 4.79 Å². The van der Waals surface area contributed by atoms with E-state index in [1.165, 1.54) is 0 Å². The summed E-state index contributed by atoms with van der Waals surface area (Å²) in [5.74, 6) is 0.247. The van der Waals surface area contributed by atoms with Gasteiger partial charge in [-0.2, -0.15) is 0 Å². The number of aromatic nitrogens is 3. The van der Waals surface area contributed by atoms with Gasteiger partial charge >= 0.3 is 5.97 Å². The van der Waals surface area contributed by atoms with E-state index < -0.39 is 5.97 Å². The van der Waals surface area contributed by atoms with Gasteiger partial charge in [0.1, 0.15) is 5.82 Å². The summed E-state index contributed by atoms with van der Waals surface area (Å²) >= 11 is 1.65. The molecule has 108 valence electrons. The molecular formula is C15H15N3O2S. The van der Waals surface area contributed by atoms with Gasteiger partial charge in [-0.1, -0.05) is 6.92 Å². The number of thiazole rings is 1. The lowest BCUT2D eigenvalue weighted by atomic mass is 10.1. The lowest BCUT2D eigenvalue weighted by molar-refractivity contribution is 0.0697. The van der Waals surface area contributed by atoms with Crippen molar-refractivity contribution in [1.29, 1.82) is 0 Å². The molecule has 6 heteroatoms. The molecule has 21 heavy (non-hydrogen) atoms. The van der Waals surface area contributed by atoms with Crippen LogP contribution in [0.2, 0.25) is 0 Å². The summed E-state index contributed by atoms with van der Waals surface area (Å²) < 4.78 is 2.12. The fourth-order valence-electron chi connectivity index (χ4n) is 2.44. The Morgan fingerprint density at radius 1 is 1.48 bits per heavy atom.